The third-order valence-electron chi connectivity index (χ3n) is 12.6. The molecule has 4 saturated carbocycles. The van der Waals surface area contributed by atoms with Crippen molar-refractivity contribution in [2.75, 3.05) is 19.6 Å². The Morgan fingerprint density at radius 2 is 1.50 bits per heavy atom. The maximum Gasteiger partial charge on any atom is -0.00484 e. The van der Waals surface area contributed by atoms with E-state index in [2.05, 4.69) is 53.8 Å². The van der Waals surface area contributed by atoms with Crippen molar-refractivity contribution in [2.24, 2.45) is 63.9 Å². The zero-order chi connectivity index (χ0) is 27.8. The van der Waals surface area contributed by atoms with Crippen LogP contribution in [0.25, 0.3) is 0 Å². The lowest BCUT2D eigenvalue weighted by Crippen LogP contribution is -2.53. The summed E-state index contributed by atoms with van der Waals surface area (Å²) in [5.41, 5.74) is 6.70. The number of rotatable bonds is 12. The van der Waals surface area contributed by atoms with Crippen LogP contribution in [0, 0.1) is 58.2 Å². The second-order valence-electron chi connectivity index (χ2n) is 15.7. The smallest absolute Gasteiger partial charge is 0.00484 e. The molecule has 0 aromatic heterocycles. The lowest BCUT2D eigenvalue weighted by Gasteiger charge is -2.61. The number of unbranched alkanes of at least 4 members (excludes halogenated alkanes) is 2. The normalized spacial score (nSPS) is 39.1. The molecule has 4 rings (SSSR count). The second-order valence-corrected chi connectivity index (χ2v) is 15.7. The SMILES string of the molecule is CC(C)CCCC(C)C1CCC2C3CCC4CC(C)CCC4(C)C3CCC12C.CCCCNCCCCN. The first-order valence-corrected chi connectivity index (χ1v) is 17.6. The molecule has 0 bridgehead atoms. The maximum absolute atomic E-state index is 5.34. The van der Waals surface area contributed by atoms with E-state index >= 15 is 0 Å². The Balaban J connectivity index is 0.000000342. The fourth-order valence-corrected chi connectivity index (χ4v) is 10.3. The average Bonchev–Trinajstić information content (AvgIpc) is 3.24. The lowest BCUT2D eigenvalue weighted by molar-refractivity contribution is -0.120. The van der Waals surface area contributed by atoms with Gasteiger partial charge in [0.1, 0.15) is 0 Å². The molecular formula is C36H70N2. The molecule has 224 valence electrons. The Morgan fingerprint density at radius 1 is 0.789 bits per heavy atom. The quantitative estimate of drug-likeness (QED) is 0.246. The molecule has 0 aromatic rings. The summed E-state index contributed by atoms with van der Waals surface area (Å²) in [4.78, 5) is 0. The van der Waals surface area contributed by atoms with Crippen molar-refractivity contribution in [2.45, 2.75) is 151 Å². The van der Waals surface area contributed by atoms with Crippen molar-refractivity contribution < 1.29 is 0 Å². The number of nitrogens with two attached hydrogens (primary N) is 1. The molecule has 4 aliphatic rings. The van der Waals surface area contributed by atoms with Gasteiger partial charge in [-0.25, -0.2) is 0 Å². The first-order chi connectivity index (χ1) is 18.2. The minimum Gasteiger partial charge on any atom is -0.330 e. The Hall–Kier alpha value is -0.0800. The number of nitrogens with one attached hydrogen (secondary N) is 1. The van der Waals surface area contributed by atoms with Gasteiger partial charge in [-0.05, 0) is 148 Å². The summed E-state index contributed by atoms with van der Waals surface area (Å²) in [6, 6.07) is 0. The van der Waals surface area contributed by atoms with E-state index < -0.39 is 0 Å². The summed E-state index contributed by atoms with van der Waals surface area (Å²) in [5.74, 6) is 8.08. The monoisotopic (exact) mass is 531 g/mol. The fraction of sp³-hybridized carbons (Fsp3) is 1.00. The van der Waals surface area contributed by atoms with E-state index in [0.29, 0.717) is 10.8 Å². The molecule has 0 radical (unpaired) electrons. The molecule has 0 amide bonds. The first-order valence-electron chi connectivity index (χ1n) is 17.6. The molecule has 9 atom stereocenters. The van der Waals surface area contributed by atoms with Crippen LogP contribution in [0.2, 0.25) is 0 Å². The van der Waals surface area contributed by atoms with Gasteiger partial charge in [0.2, 0.25) is 0 Å². The summed E-state index contributed by atoms with van der Waals surface area (Å²) in [6.07, 6.45) is 23.3. The van der Waals surface area contributed by atoms with Crippen LogP contribution in [0.15, 0.2) is 0 Å². The van der Waals surface area contributed by atoms with Gasteiger partial charge in [-0.2, -0.15) is 0 Å². The minimum absolute atomic E-state index is 0.670. The standard InChI is InChI=1S/C28H50.C8H20N2/c1-19(2)8-7-9-21(4)24-12-13-25-23-11-10-22-18-20(3)14-16-27(22,5)26(23)15-17-28(24,25)6;1-2-3-7-10-8-5-4-6-9/h19-26H,7-18H2,1-6H3;10H,2-9H2,1H3. The molecule has 0 saturated heterocycles. The van der Waals surface area contributed by atoms with E-state index in [9.17, 15) is 0 Å². The van der Waals surface area contributed by atoms with Gasteiger partial charge < -0.3 is 11.1 Å². The minimum atomic E-state index is 0.670. The van der Waals surface area contributed by atoms with Crippen LogP contribution in [0.5, 0.6) is 0 Å². The largest absolute Gasteiger partial charge is 0.330 e. The van der Waals surface area contributed by atoms with Crippen LogP contribution in [-0.4, -0.2) is 19.6 Å². The predicted molar refractivity (Wildman–Crippen MR) is 168 cm³/mol. The van der Waals surface area contributed by atoms with Gasteiger partial charge in [-0.3, -0.25) is 0 Å². The Labute approximate surface area is 239 Å². The molecule has 0 aliphatic heterocycles. The second kappa shape index (κ2) is 15.2. The Morgan fingerprint density at radius 3 is 2.21 bits per heavy atom. The first kappa shape index (κ1) is 32.4. The van der Waals surface area contributed by atoms with Gasteiger partial charge in [-0.1, -0.05) is 80.6 Å². The molecule has 0 aromatic carbocycles. The van der Waals surface area contributed by atoms with Crippen LogP contribution in [0.4, 0.5) is 0 Å². The van der Waals surface area contributed by atoms with Crippen molar-refractivity contribution >= 4 is 0 Å². The Kier molecular flexibility index (Phi) is 13.0. The van der Waals surface area contributed by atoms with Gasteiger partial charge in [-0.15, -0.1) is 0 Å². The van der Waals surface area contributed by atoms with Crippen molar-refractivity contribution in [1.29, 1.82) is 0 Å². The van der Waals surface area contributed by atoms with Crippen LogP contribution >= 0.6 is 0 Å². The number of hydrogen-bond acceptors (Lipinski definition) is 2. The van der Waals surface area contributed by atoms with E-state index in [-0.39, 0.29) is 0 Å². The predicted octanol–water partition coefficient (Wildman–Crippen LogP) is 9.86. The molecule has 2 heteroatoms. The fourth-order valence-electron chi connectivity index (χ4n) is 10.3. The Bertz CT molecular complexity index is 652. The molecule has 9 unspecified atom stereocenters. The lowest BCUT2D eigenvalue weighted by atomic mass is 9.44. The van der Waals surface area contributed by atoms with E-state index in [1.165, 1.54) is 57.9 Å². The van der Waals surface area contributed by atoms with Crippen molar-refractivity contribution in [3.8, 4) is 0 Å². The molecule has 3 N–H and O–H groups in total. The highest BCUT2D eigenvalue weighted by Crippen LogP contribution is 2.68. The van der Waals surface area contributed by atoms with Gasteiger partial charge in [0, 0.05) is 0 Å². The van der Waals surface area contributed by atoms with Crippen molar-refractivity contribution in [1.82, 2.24) is 5.32 Å². The molecule has 0 spiro atoms. The van der Waals surface area contributed by atoms with Gasteiger partial charge in [0.25, 0.3) is 0 Å². The third-order valence-corrected chi connectivity index (χ3v) is 12.6. The van der Waals surface area contributed by atoms with Crippen LogP contribution in [-0.2, 0) is 0 Å². The molecule has 0 heterocycles. The van der Waals surface area contributed by atoms with Crippen molar-refractivity contribution in [3.05, 3.63) is 0 Å². The van der Waals surface area contributed by atoms with E-state index in [1.807, 2.05) is 0 Å². The number of hydrogen-bond donors (Lipinski definition) is 2. The topological polar surface area (TPSA) is 38.0 Å². The van der Waals surface area contributed by atoms with Gasteiger partial charge >= 0.3 is 0 Å². The highest BCUT2D eigenvalue weighted by molar-refractivity contribution is 5.09. The van der Waals surface area contributed by atoms with Crippen LogP contribution in [0.1, 0.15) is 151 Å². The van der Waals surface area contributed by atoms with Crippen LogP contribution < -0.4 is 11.1 Å². The van der Waals surface area contributed by atoms with Crippen LogP contribution in [0.3, 0.4) is 0 Å². The van der Waals surface area contributed by atoms with Gasteiger partial charge in [0.05, 0.1) is 0 Å². The van der Waals surface area contributed by atoms with Gasteiger partial charge in [0.15, 0.2) is 0 Å². The highest BCUT2D eigenvalue weighted by Gasteiger charge is 2.60. The average molecular weight is 531 g/mol. The van der Waals surface area contributed by atoms with E-state index in [1.54, 1.807) is 44.9 Å². The third kappa shape index (κ3) is 7.80. The maximum atomic E-state index is 5.34. The van der Waals surface area contributed by atoms with Crippen molar-refractivity contribution in [3.63, 3.8) is 0 Å². The summed E-state index contributed by atoms with van der Waals surface area (Å²) in [7, 11) is 0. The zero-order valence-electron chi connectivity index (χ0n) is 27.1. The zero-order valence-corrected chi connectivity index (χ0v) is 27.1. The van der Waals surface area contributed by atoms with E-state index in [4.69, 9.17) is 5.73 Å². The summed E-state index contributed by atoms with van der Waals surface area (Å²) < 4.78 is 0. The summed E-state index contributed by atoms with van der Waals surface area (Å²) >= 11 is 0. The molecule has 38 heavy (non-hydrogen) atoms. The summed E-state index contributed by atoms with van der Waals surface area (Å²) in [6.45, 7) is 20.8. The van der Waals surface area contributed by atoms with E-state index in [0.717, 1.165) is 66.9 Å². The molecule has 4 fully saturated rings. The highest BCUT2D eigenvalue weighted by atomic mass is 14.8. The molecule has 2 nitrogen and oxygen atoms in total. The molecule has 4 aliphatic carbocycles. The number of fused-ring (bicyclic) bond motifs is 5. The summed E-state index contributed by atoms with van der Waals surface area (Å²) in [5, 5.41) is 3.37. The molecular weight excluding hydrogens is 460 g/mol.